The highest BCUT2D eigenvalue weighted by Crippen LogP contribution is 2.27. The number of fused-ring (bicyclic) bond motifs is 1. The van der Waals surface area contributed by atoms with Gasteiger partial charge in [0, 0.05) is 32.2 Å². The summed E-state index contributed by atoms with van der Waals surface area (Å²) in [5, 5.41) is 3.56. The van der Waals surface area contributed by atoms with Crippen LogP contribution in [0.3, 0.4) is 0 Å². The standard InChI is InChI=1S/C17H26N2O/c1-2-6-15(7-3-1)14-18-10-11-19-12-13-20-17-9-5-4-8-16(17)19/h1-3,6-7,16-18H,4-5,8-14H2. The van der Waals surface area contributed by atoms with Crippen LogP contribution in [0.5, 0.6) is 0 Å². The first kappa shape index (κ1) is 14.1. The minimum atomic E-state index is 0.506. The van der Waals surface area contributed by atoms with Gasteiger partial charge >= 0.3 is 0 Å². The van der Waals surface area contributed by atoms with Crippen molar-refractivity contribution in [2.75, 3.05) is 26.2 Å². The van der Waals surface area contributed by atoms with Crippen molar-refractivity contribution in [1.82, 2.24) is 10.2 Å². The second-order valence-corrected chi connectivity index (χ2v) is 5.96. The third-order valence-electron chi connectivity index (χ3n) is 4.59. The minimum Gasteiger partial charge on any atom is -0.375 e. The SMILES string of the molecule is c1ccc(CNCCN2CCOC3CCCCC32)cc1. The molecule has 110 valence electrons. The van der Waals surface area contributed by atoms with Crippen LogP contribution in [0.25, 0.3) is 0 Å². The Morgan fingerprint density at radius 2 is 2.00 bits per heavy atom. The van der Waals surface area contributed by atoms with E-state index in [0.29, 0.717) is 12.1 Å². The molecule has 0 bridgehead atoms. The fraction of sp³-hybridized carbons (Fsp3) is 0.647. The van der Waals surface area contributed by atoms with Gasteiger partial charge in [0.2, 0.25) is 0 Å². The first-order chi connectivity index (χ1) is 9.93. The van der Waals surface area contributed by atoms with Crippen molar-refractivity contribution < 1.29 is 4.74 Å². The van der Waals surface area contributed by atoms with Crippen LogP contribution in [0.15, 0.2) is 30.3 Å². The number of nitrogens with one attached hydrogen (secondary N) is 1. The largest absolute Gasteiger partial charge is 0.375 e. The number of rotatable bonds is 5. The van der Waals surface area contributed by atoms with Crippen molar-refractivity contribution in [1.29, 1.82) is 0 Å². The lowest BCUT2D eigenvalue weighted by Crippen LogP contribution is -2.54. The summed E-state index contributed by atoms with van der Waals surface area (Å²) in [6, 6.07) is 11.3. The van der Waals surface area contributed by atoms with Crippen LogP contribution >= 0.6 is 0 Å². The fourth-order valence-electron chi connectivity index (χ4n) is 3.51. The summed E-state index contributed by atoms with van der Waals surface area (Å²) in [5.74, 6) is 0. The molecule has 2 aliphatic rings. The Morgan fingerprint density at radius 3 is 2.90 bits per heavy atom. The Labute approximate surface area is 122 Å². The second kappa shape index (κ2) is 7.21. The van der Waals surface area contributed by atoms with Crippen LogP contribution < -0.4 is 5.32 Å². The van der Waals surface area contributed by atoms with Crippen molar-refractivity contribution in [2.24, 2.45) is 0 Å². The molecule has 3 nitrogen and oxygen atoms in total. The summed E-state index contributed by atoms with van der Waals surface area (Å²) in [7, 11) is 0. The highest BCUT2D eigenvalue weighted by Gasteiger charge is 2.33. The van der Waals surface area contributed by atoms with Crippen molar-refractivity contribution in [3.63, 3.8) is 0 Å². The van der Waals surface area contributed by atoms with Crippen LogP contribution in [0, 0.1) is 0 Å². The Balaban J connectivity index is 1.41. The van der Waals surface area contributed by atoms with E-state index in [0.717, 1.165) is 32.8 Å². The van der Waals surface area contributed by atoms with Gasteiger partial charge in [-0.25, -0.2) is 0 Å². The summed E-state index contributed by atoms with van der Waals surface area (Å²) in [6.07, 6.45) is 5.81. The van der Waals surface area contributed by atoms with E-state index in [2.05, 4.69) is 40.5 Å². The quantitative estimate of drug-likeness (QED) is 0.835. The summed E-state index contributed by atoms with van der Waals surface area (Å²) < 4.78 is 5.93. The first-order valence-corrected chi connectivity index (χ1v) is 8.04. The van der Waals surface area contributed by atoms with E-state index in [1.54, 1.807) is 0 Å². The van der Waals surface area contributed by atoms with Gasteiger partial charge in [0.1, 0.15) is 0 Å². The van der Waals surface area contributed by atoms with Gasteiger partial charge < -0.3 is 10.1 Å². The van der Waals surface area contributed by atoms with E-state index in [1.165, 1.54) is 31.2 Å². The molecule has 0 amide bonds. The Kier molecular flexibility index (Phi) is 5.06. The number of benzene rings is 1. The number of hydrogen-bond acceptors (Lipinski definition) is 3. The molecular weight excluding hydrogens is 248 g/mol. The zero-order valence-corrected chi connectivity index (χ0v) is 12.3. The van der Waals surface area contributed by atoms with Crippen molar-refractivity contribution in [2.45, 2.75) is 44.4 Å². The molecule has 0 aromatic heterocycles. The molecule has 1 heterocycles. The van der Waals surface area contributed by atoms with Crippen LogP contribution in [0.4, 0.5) is 0 Å². The van der Waals surface area contributed by atoms with Gasteiger partial charge in [-0.05, 0) is 18.4 Å². The molecule has 1 saturated carbocycles. The molecular formula is C17H26N2O. The van der Waals surface area contributed by atoms with Gasteiger partial charge in [-0.3, -0.25) is 4.90 Å². The van der Waals surface area contributed by atoms with E-state index < -0.39 is 0 Å². The molecule has 2 unspecified atom stereocenters. The smallest absolute Gasteiger partial charge is 0.0730 e. The van der Waals surface area contributed by atoms with E-state index in [1.807, 2.05) is 0 Å². The third kappa shape index (κ3) is 3.60. The van der Waals surface area contributed by atoms with Gasteiger partial charge in [-0.15, -0.1) is 0 Å². The summed E-state index contributed by atoms with van der Waals surface area (Å²) >= 11 is 0. The number of morpholine rings is 1. The van der Waals surface area contributed by atoms with Crippen LogP contribution in [0.2, 0.25) is 0 Å². The highest BCUT2D eigenvalue weighted by atomic mass is 16.5. The molecule has 1 aliphatic heterocycles. The zero-order chi connectivity index (χ0) is 13.6. The number of nitrogens with zero attached hydrogens (tertiary/aromatic N) is 1. The maximum absolute atomic E-state index is 5.93. The molecule has 2 atom stereocenters. The maximum atomic E-state index is 5.93. The molecule has 20 heavy (non-hydrogen) atoms. The van der Waals surface area contributed by atoms with Gasteiger partial charge in [-0.2, -0.15) is 0 Å². The average Bonchev–Trinajstić information content (AvgIpc) is 2.53. The van der Waals surface area contributed by atoms with Gasteiger partial charge in [0.15, 0.2) is 0 Å². The molecule has 1 saturated heterocycles. The Hall–Kier alpha value is -0.900. The predicted molar refractivity (Wildman–Crippen MR) is 81.7 cm³/mol. The lowest BCUT2D eigenvalue weighted by Gasteiger charge is -2.43. The Bertz CT molecular complexity index is 393. The lowest BCUT2D eigenvalue weighted by atomic mass is 9.90. The lowest BCUT2D eigenvalue weighted by molar-refractivity contribution is -0.0873. The van der Waals surface area contributed by atoms with Crippen LogP contribution in [0.1, 0.15) is 31.2 Å². The molecule has 2 fully saturated rings. The van der Waals surface area contributed by atoms with Crippen LogP contribution in [-0.4, -0.2) is 43.3 Å². The van der Waals surface area contributed by atoms with E-state index >= 15 is 0 Å². The van der Waals surface area contributed by atoms with Crippen molar-refractivity contribution in [3.8, 4) is 0 Å². The monoisotopic (exact) mass is 274 g/mol. The molecule has 3 heteroatoms. The fourth-order valence-corrected chi connectivity index (χ4v) is 3.51. The number of ether oxygens (including phenoxy) is 1. The molecule has 0 radical (unpaired) electrons. The predicted octanol–water partition coefficient (Wildman–Crippen LogP) is 2.42. The summed E-state index contributed by atoms with van der Waals surface area (Å²) in [6.45, 7) is 5.21. The van der Waals surface area contributed by atoms with Gasteiger partial charge in [0.25, 0.3) is 0 Å². The van der Waals surface area contributed by atoms with E-state index in [4.69, 9.17) is 4.74 Å². The van der Waals surface area contributed by atoms with Gasteiger partial charge in [0.05, 0.1) is 12.7 Å². The normalized spacial score (nSPS) is 27.2. The summed E-state index contributed by atoms with van der Waals surface area (Å²) in [4.78, 5) is 2.64. The topological polar surface area (TPSA) is 24.5 Å². The molecule has 3 rings (SSSR count). The third-order valence-corrected chi connectivity index (χ3v) is 4.59. The summed E-state index contributed by atoms with van der Waals surface area (Å²) in [5.41, 5.74) is 1.37. The average molecular weight is 274 g/mol. The van der Waals surface area contributed by atoms with Gasteiger partial charge in [-0.1, -0.05) is 43.2 Å². The number of hydrogen-bond donors (Lipinski definition) is 1. The highest BCUT2D eigenvalue weighted by molar-refractivity contribution is 5.14. The Morgan fingerprint density at radius 1 is 1.15 bits per heavy atom. The molecule has 1 aliphatic carbocycles. The molecule has 1 N–H and O–H groups in total. The second-order valence-electron chi connectivity index (χ2n) is 5.96. The first-order valence-electron chi connectivity index (χ1n) is 8.04. The van der Waals surface area contributed by atoms with E-state index in [9.17, 15) is 0 Å². The molecule has 1 aromatic rings. The molecule has 1 aromatic carbocycles. The molecule has 0 spiro atoms. The van der Waals surface area contributed by atoms with Crippen molar-refractivity contribution >= 4 is 0 Å². The van der Waals surface area contributed by atoms with E-state index in [-0.39, 0.29) is 0 Å². The maximum Gasteiger partial charge on any atom is 0.0730 e. The zero-order valence-electron chi connectivity index (χ0n) is 12.3. The minimum absolute atomic E-state index is 0.506. The van der Waals surface area contributed by atoms with Crippen LogP contribution in [-0.2, 0) is 11.3 Å². The van der Waals surface area contributed by atoms with Crippen molar-refractivity contribution in [3.05, 3.63) is 35.9 Å².